The lowest BCUT2D eigenvalue weighted by Crippen LogP contribution is -2.44. The first-order valence-electron chi connectivity index (χ1n) is 11.4. The van der Waals surface area contributed by atoms with Crippen LogP contribution in [0.25, 0.3) is 0 Å². The zero-order chi connectivity index (χ0) is 23.9. The van der Waals surface area contributed by atoms with Crippen molar-refractivity contribution in [2.24, 2.45) is 11.8 Å². The Morgan fingerprint density at radius 2 is 1.88 bits per heavy atom. The molecule has 3 amide bonds. The van der Waals surface area contributed by atoms with E-state index in [-0.39, 0.29) is 23.8 Å². The van der Waals surface area contributed by atoms with Crippen LogP contribution in [0.4, 0.5) is 11.4 Å². The lowest BCUT2D eigenvalue weighted by atomic mass is 9.77. The third kappa shape index (κ3) is 3.84. The van der Waals surface area contributed by atoms with E-state index in [1.807, 2.05) is 36.4 Å². The fraction of sp³-hybridized carbons (Fsp3) is 0.346. The molecule has 2 N–H and O–H groups in total. The first kappa shape index (κ1) is 22.2. The molecule has 2 saturated heterocycles. The van der Waals surface area contributed by atoms with Crippen molar-refractivity contribution in [1.29, 1.82) is 0 Å². The van der Waals surface area contributed by atoms with Crippen molar-refractivity contribution in [2.45, 2.75) is 25.0 Å². The zero-order valence-electron chi connectivity index (χ0n) is 19.1. The Morgan fingerprint density at radius 1 is 1.15 bits per heavy atom. The molecule has 2 fully saturated rings. The van der Waals surface area contributed by atoms with Gasteiger partial charge < -0.3 is 25.0 Å². The van der Waals surface area contributed by atoms with E-state index in [0.29, 0.717) is 30.9 Å². The highest BCUT2D eigenvalue weighted by atomic mass is 16.5. The van der Waals surface area contributed by atoms with E-state index in [2.05, 4.69) is 10.6 Å². The largest absolute Gasteiger partial charge is 0.497 e. The van der Waals surface area contributed by atoms with Crippen molar-refractivity contribution < 1.29 is 23.9 Å². The number of hydrogen-bond acceptors (Lipinski definition) is 5. The maximum Gasteiger partial charge on any atom is 0.234 e. The molecule has 2 bridgehead atoms. The summed E-state index contributed by atoms with van der Waals surface area (Å²) in [6.07, 6.45) is 4.13. The van der Waals surface area contributed by atoms with Gasteiger partial charge in [-0.1, -0.05) is 24.3 Å². The second-order valence-corrected chi connectivity index (χ2v) is 8.94. The lowest BCUT2D eigenvalue weighted by Gasteiger charge is -2.23. The van der Waals surface area contributed by atoms with Crippen LogP contribution in [0.3, 0.4) is 0 Å². The van der Waals surface area contributed by atoms with Crippen LogP contribution in [0, 0.1) is 11.8 Å². The molecule has 2 aromatic carbocycles. The SMILES string of the molecule is COc1ccc(CCNC(=O)C2C3C(=O)N(c4ccc(NC(C)=O)cc4)CC34C=C[C@H]2O4)cc1. The summed E-state index contributed by atoms with van der Waals surface area (Å²) in [6.45, 7) is 2.28. The topological polar surface area (TPSA) is 97.0 Å². The van der Waals surface area contributed by atoms with Gasteiger partial charge in [-0.15, -0.1) is 0 Å². The normalized spacial score (nSPS) is 26.5. The number of carbonyl (C=O) groups excluding carboxylic acids is 3. The predicted molar refractivity (Wildman–Crippen MR) is 127 cm³/mol. The van der Waals surface area contributed by atoms with Crippen LogP contribution < -0.4 is 20.3 Å². The maximum atomic E-state index is 13.5. The van der Waals surface area contributed by atoms with Gasteiger partial charge in [0.15, 0.2) is 0 Å². The van der Waals surface area contributed by atoms with Crippen molar-refractivity contribution in [1.82, 2.24) is 5.32 Å². The minimum Gasteiger partial charge on any atom is -0.497 e. The minimum atomic E-state index is -0.782. The number of nitrogens with one attached hydrogen (secondary N) is 2. The van der Waals surface area contributed by atoms with Crippen molar-refractivity contribution in [3.63, 3.8) is 0 Å². The van der Waals surface area contributed by atoms with Crippen molar-refractivity contribution in [2.75, 3.05) is 30.4 Å². The van der Waals surface area contributed by atoms with Gasteiger partial charge in [-0.05, 0) is 48.4 Å². The molecule has 1 spiro atoms. The molecule has 3 unspecified atom stereocenters. The number of ether oxygens (including phenoxy) is 2. The average molecular weight is 462 g/mol. The summed E-state index contributed by atoms with van der Waals surface area (Å²) in [4.78, 5) is 39.5. The van der Waals surface area contributed by atoms with Crippen molar-refractivity contribution in [3.05, 3.63) is 66.2 Å². The molecule has 8 heteroatoms. The Bertz CT molecular complexity index is 1140. The number of rotatable bonds is 7. The van der Waals surface area contributed by atoms with Crippen LogP contribution in [0.5, 0.6) is 5.75 Å². The number of benzene rings is 2. The molecule has 176 valence electrons. The van der Waals surface area contributed by atoms with Gasteiger partial charge in [-0.3, -0.25) is 14.4 Å². The van der Waals surface area contributed by atoms with Crippen LogP contribution >= 0.6 is 0 Å². The van der Waals surface area contributed by atoms with Crippen LogP contribution in [-0.2, 0) is 25.5 Å². The molecule has 0 radical (unpaired) electrons. The lowest BCUT2D eigenvalue weighted by molar-refractivity contribution is -0.131. The summed E-state index contributed by atoms with van der Waals surface area (Å²) in [5.74, 6) is -0.760. The van der Waals surface area contributed by atoms with E-state index in [1.165, 1.54) is 6.92 Å². The summed E-state index contributed by atoms with van der Waals surface area (Å²) in [5, 5.41) is 5.72. The van der Waals surface area contributed by atoms with E-state index in [9.17, 15) is 14.4 Å². The molecule has 2 aromatic rings. The summed E-state index contributed by atoms with van der Waals surface area (Å²) in [6, 6.07) is 14.8. The number of hydrogen-bond donors (Lipinski definition) is 2. The summed E-state index contributed by atoms with van der Waals surface area (Å²) < 4.78 is 11.4. The standard InChI is InChI=1S/C26H27N3O5/c1-16(30)28-18-5-7-19(8-6-18)29-15-26-13-11-21(34-26)22(23(26)25(29)32)24(31)27-14-12-17-3-9-20(33-2)10-4-17/h3-11,13,21-23H,12,14-15H2,1-2H3,(H,27,31)(H,28,30)/t21-,22?,23?,26?/m1/s1. The van der Waals surface area contributed by atoms with Gasteiger partial charge in [0.25, 0.3) is 0 Å². The summed E-state index contributed by atoms with van der Waals surface area (Å²) >= 11 is 0. The second kappa shape index (κ2) is 8.61. The molecule has 3 aliphatic rings. The molecule has 0 aromatic heterocycles. The highest BCUT2D eigenvalue weighted by molar-refractivity contribution is 6.03. The summed E-state index contributed by atoms with van der Waals surface area (Å²) in [5.41, 5.74) is 1.68. The Balaban J connectivity index is 1.26. The van der Waals surface area contributed by atoms with Gasteiger partial charge in [0.05, 0.1) is 31.6 Å². The van der Waals surface area contributed by atoms with Crippen molar-refractivity contribution >= 4 is 29.1 Å². The van der Waals surface area contributed by atoms with Gasteiger partial charge in [0.2, 0.25) is 17.7 Å². The number of methoxy groups -OCH3 is 1. The maximum absolute atomic E-state index is 13.5. The van der Waals surface area contributed by atoms with Gasteiger partial charge in [-0.2, -0.15) is 0 Å². The molecule has 34 heavy (non-hydrogen) atoms. The smallest absolute Gasteiger partial charge is 0.234 e. The van der Waals surface area contributed by atoms with Crippen LogP contribution in [0.1, 0.15) is 12.5 Å². The third-order valence-corrected chi connectivity index (χ3v) is 6.77. The Hall–Kier alpha value is -3.65. The van der Waals surface area contributed by atoms with E-state index < -0.39 is 17.4 Å². The summed E-state index contributed by atoms with van der Waals surface area (Å²) in [7, 11) is 1.63. The third-order valence-electron chi connectivity index (χ3n) is 6.77. The monoisotopic (exact) mass is 461 g/mol. The first-order chi connectivity index (χ1) is 16.4. The molecule has 5 rings (SSSR count). The average Bonchev–Trinajstić information content (AvgIpc) is 3.48. The van der Waals surface area contributed by atoms with Crippen LogP contribution in [0.2, 0.25) is 0 Å². The number of amides is 3. The minimum absolute atomic E-state index is 0.116. The van der Waals surface area contributed by atoms with Crippen LogP contribution in [-0.4, -0.2) is 49.6 Å². The number of nitrogens with zero attached hydrogens (tertiary/aromatic N) is 1. The van der Waals surface area contributed by atoms with Gasteiger partial charge in [-0.25, -0.2) is 0 Å². The Morgan fingerprint density at radius 3 is 2.56 bits per heavy atom. The highest BCUT2D eigenvalue weighted by Gasteiger charge is 2.67. The Labute approximate surface area is 197 Å². The molecule has 0 aliphatic carbocycles. The predicted octanol–water partition coefficient (Wildman–Crippen LogP) is 2.30. The van der Waals surface area contributed by atoms with Crippen LogP contribution in [0.15, 0.2) is 60.7 Å². The van der Waals surface area contributed by atoms with Gasteiger partial charge in [0.1, 0.15) is 11.4 Å². The molecule has 3 heterocycles. The molecular weight excluding hydrogens is 434 g/mol. The number of carbonyl (C=O) groups is 3. The number of anilines is 2. The highest BCUT2D eigenvalue weighted by Crippen LogP contribution is 2.52. The quantitative estimate of drug-likeness (QED) is 0.617. The van der Waals surface area contributed by atoms with Gasteiger partial charge >= 0.3 is 0 Å². The molecular formula is C26H27N3O5. The van der Waals surface area contributed by atoms with Crippen molar-refractivity contribution in [3.8, 4) is 5.75 Å². The Kier molecular flexibility index (Phi) is 5.61. The fourth-order valence-electron chi connectivity index (χ4n) is 5.18. The first-order valence-corrected chi connectivity index (χ1v) is 11.4. The zero-order valence-corrected chi connectivity index (χ0v) is 19.1. The molecule has 0 saturated carbocycles. The molecule has 3 aliphatic heterocycles. The van der Waals surface area contributed by atoms with E-state index in [0.717, 1.165) is 11.3 Å². The van der Waals surface area contributed by atoms with Gasteiger partial charge in [0, 0.05) is 24.8 Å². The second-order valence-electron chi connectivity index (χ2n) is 8.94. The van der Waals surface area contributed by atoms with E-state index >= 15 is 0 Å². The fourth-order valence-corrected chi connectivity index (χ4v) is 5.18. The molecule has 4 atom stereocenters. The van der Waals surface area contributed by atoms with E-state index in [4.69, 9.17) is 9.47 Å². The van der Waals surface area contributed by atoms with E-state index in [1.54, 1.807) is 36.3 Å². The molecule has 8 nitrogen and oxygen atoms in total. The number of fused-ring (bicyclic) bond motifs is 1.